The van der Waals surface area contributed by atoms with Crippen LogP contribution in [-0.2, 0) is 53.0 Å². The van der Waals surface area contributed by atoms with Gasteiger partial charge in [0.15, 0.2) is 0 Å². The second kappa shape index (κ2) is 25.6. The van der Waals surface area contributed by atoms with Crippen LogP contribution in [0, 0.1) is 35.4 Å². The van der Waals surface area contributed by atoms with Gasteiger partial charge in [0.1, 0.15) is 0 Å². The van der Waals surface area contributed by atoms with Crippen molar-refractivity contribution in [1.29, 1.82) is 0 Å². The summed E-state index contributed by atoms with van der Waals surface area (Å²) in [5, 5.41) is 9.62. The molecule has 0 saturated carbocycles. The van der Waals surface area contributed by atoms with Crippen LogP contribution in [-0.4, -0.2) is 29.1 Å². The van der Waals surface area contributed by atoms with E-state index < -0.39 is 23.3 Å². The van der Waals surface area contributed by atoms with Gasteiger partial charge in [-0.1, -0.05) is 221 Å². The van der Waals surface area contributed by atoms with Crippen LogP contribution in [0.25, 0.3) is 121 Å². The first-order valence-corrected chi connectivity index (χ1v) is 28.8. The van der Waals surface area contributed by atoms with Crippen LogP contribution in [0.5, 0.6) is 0 Å². The quantitative estimate of drug-likeness (QED) is 0.129. The molecule has 0 N–H and O–H groups in total. The van der Waals surface area contributed by atoms with Gasteiger partial charge in [-0.05, 0) is 115 Å². The number of hydrogen-bond donors (Lipinski definition) is 0. The van der Waals surface area contributed by atoms with E-state index in [0.717, 1.165) is 90.9 Å². The summed E-state index contributed by atoms with van der Waals surface area (Å²) in [5.74, 6) is -2.57. The Balaban J connectivity index is 0.000000130. The van der Waals surface area contributed by atoms with E-state index in [9.17, 15) is 17.6 Å². The first kappa shape index (κ1) is 62.3. The molecular formula is C76H56F4N8Pt2. The van der Waals surface area contributed by atoms with Gasteiger partial charge < -0.3 is 39.0 Å². The summed E-state index contributed by atoms with van der Waals surface area (Å²) in [4.78, 5) is 27.2. The zero-order valence-electron chi connectivity index (χ0n) is 49.7. The Labute approximate surface area is 546 Å². The van der Waals surface area contributed by atoms with Crippen molar-refractivity contribution in [3.8, 4) is 33.9 Å². The molecule has 8 nitrogen and oxygen atoms in total. The number of rotatable bonds is 4. The molecule has 8 aromatic heterocycles. The Morgan fingerprint density at radius 1 is 0.367 bits per heavy atom. The van der Waals surface area contributed by atoms with E-state index in [2.05, 4.69) is 231 Å². The minimum absolute atomic E-state index is 0. The van der Waals surface area contributed by atoms with Crippen LogP contribution in [0.2, 0.25) is 0 Å². The van der Waals surface area contributed by atoms with E-state index >= 15 is 0 Å². The van der Waals surface area contributed by atoms with E-state index in [1.807, 2.05) is 0 Å². The fourth-order valence-electron chi connectivity index (χ4n) is 11.2. The summed E-state index contributed by atoms with van der Waals surface area (Å²) in [6.07, 6.45) is 3.10. The van der Waals surface area contributed by atoms with Gasteiger partial charge in [-0.2, -0.15) is 0 Å². The summed E-state index contributed by atoms with van der Waals surface area (Å²) >= 11 is 0. The molecule has 0 amide bonds. The summed E-state index contributed by atoms with van der Waals surface area (Å²) in [5.41, 5.74) is 14.2. The fourth-order valence-corrected chi connectivity index (χ4v) is 11.2. The standard InChI is InChI=1S/2C27H22N3.2C11H6F2N.2Pt/c2*1-27(2,3)25-15-13-20-21-16-17(12-14-22(21)28-26(20)29-25)30-23-10-6-4-8-18(23)19-9-5-7-11-24(19)30;2*12-8-4-5-9(10(13)7-8)11-3-1-2-6-14-11;;/h2*4-16H,1-3H3;2*1-4,6-7H;;/q4*-1;2*+2. The van der Waals surface area contributed by atoms with Gasteiger partial charge in [-0.25, -0.2) is 0 Å². The minimum Gasteiger partial charge on any atom is -0.439 e. The van der Waals surface area contributed by atoms with Crippen molar-refractivity contribution < 1.29 is 59.7 Å². The van der Waals surface area contributed by atoms with Gasteiger partial charge in [0.25, 0.3) is 0 Å². The molecule has 16 aromatic rings. The number of hydrogen-bond acceptors (Lipinski definition) is 4. The van der Waals surface area contributed by atoms with Gasteiger partial charge in [0, 0.05) is 68.6 Å². The minimum atomic E-state index is -0.649. The van der Waals surface area contributed by atoms with Crippen molar-refractivity contribution in [2.24, 2.45) is 0 Å². The molecule has 0 spiro atoms. The average molecular weight is 1550 g/mol. The number of halogens is 4. The molecule has 0 aliphatic carbocycles. The molecule has 0 atom stereocenters. The molecule has 0 radical (unpaired) electrons. The van der Waals surface area contributed by atoms with Crippen LogP contribution in [0.1, 0.15) is 52.9 Å². The average Bonchev–Trinajstić information content (AvgIpc) is 1.63. The third kappa shape index (κ3) is 12.3. The SMILES string of the molecule is CC(C)(C)c1ccc2c(n1)[n-]c1ccc(-n3c4ccccc4c4ccccc43)cc12.CC(C)(C)c1ccc2c(n1)[n-]c1ccc(-n3c4ccccc4c4ccccc43)cc12.Fc1c[c-]c(-c2ccccn2)c(F)c1.Fc1c[c-]c(-c2ccccn2)c(F)c1.[Pt+2].[Pt+2]. The molecule has 14 heteroatoms. The predicted molar refractivity (Wildman–Crippen MR) is 348 cm³/mol. The third-order valence-corrected chi connectivity index (χ3v) is 15.5. The second-order valence-electron chi connectivity index (χ2n) is 23.5. The van der Waals surface area contributed by atoms with Crippen molar-refractivity contribution in [2.75, 3.05) is 0 Å². The topological polar surface area (TPSA) is 89.6 Å². The molecule has 8 heterocycles. The van der Waals surface area contributed by atoms with Crippen molar-refractivity contribution in [1.82, 2.24) is 39.0 Å². The largest absolute Gasteiger partial charge is 2.00 e. The molecule has 0 bridgehead atoms. The molecule has 448 valence electrons. The van der Waals surface area contributed by atoms with E-state index in [-0.39, 0.29) is 64.1 Å². The Morgan fingerprint density at radius 3 is 1.03 bits per heavy atom. The maximum Gasteiger partial charge on any atom is 2.00 e. The van der Waals surface area contributed by atoms with Crippen LogP contribution >= 0.6 is 0 Å². The number of para-hydroxylation sites is 4. The van der Waals surface area contributed by atoms with Crippen molar-refractivity contribution >= 4 is 87.5 Å². The van der Waals surface area contributed by atoms with Gasteiger partial charge in [-0.3, -0.25) is 17.6 Å². The van der Waals surface area contributed by atoms with Crippen LogP contribution in [0.15, 0.2) is 231 Å². The molecule has 0 aliphatic heterocycles. The molecule has 90 heavy (non-hydrogen) atoms. The summed E-state index contributed by atoms with van der Waals surface area (Å²) in [6, 6.07) is 75.2. The van der Waals surface area contributed by atoms with Crippen molar-refractivity contribution in [3.63, 3.8) is 0 Å². The molecule has 0 unspecified atom stereocenters. The zero-order chi connectivity index (χ0) is 60.8. The van der Waals surface area contributed by atoms with E-state index in [4.69, 9.17) is 19.9 Å². The van der Waals surface area contributed by atoms with Crippen LogP contribution in [0.4, 0.5) is 17.6 Å². The maximum absolute atomic E-state index is 13.2. The predicted octanol–water partition coefficient (Wildman–Crippen LogP) is 19.1. The molecule has 16 rings (SSSR count). The molecule has 8 aromatic carbocycles. The van der Waals surface area contributed by atoms with Gasteiger partial charge in [0.05, 0.1) is 22.1 Å². The van der Waals surface area contributed by atoms with Crippen LogP contribution < -0.4 is 9.97 Å². The second-order valence-corrected chi connectivity index (χ2v) is 23.5. The van der Waals surface area contributed by atoms with Crippen molar-refractivity contribution in [2.45, 2.75) is 52.4 Å². The first-order valence-electron chi connectivity index (χ1n) is 28.8. The van der Waals surface area contributed by atoms with Gasteiger partial charge in [-0.15, -0.1) is 24.3 Å². The van der Waals surface area contributed by atoms with Crippen LogP contribution in [0.3, 0.4) is 0 Å². The number of pyridine rings is 4. The Hall–Kier alpha value is -9.34. The molecule has 0 aliphatic rings. The van der Waals surface area contributed by atoms with Gasteiger partial charge >= 0.3 is 42.1 Å². The maximum atomic E-state index is 13.2. The zero-order valence-corrected chi connectivity index (χ0v) is 54.2. The summed E-state index contributed by atoms with van der Waals surface area (Å²) in [7, 11) is 0. The normalized spacial score (nSPS) is 11.5. The number of fused-ring (bicyclic) bond motifs is 12. The van der Waals surface area contributed by atoms with E-state index in [0.29, 0.717) is 11.4 Å². The Bertz CT molecular complexity index is 4820. The van der Waals surface area contributed by atoms with Crippen molar-refractivity contribution in [3.05, 3.63) is 278 Å². The van der Waals surface area contributed by atoms with Gasteiger partial charge in [0.2, 0.25) is 0 Å². The third-order valence-electron chi connectivity index (χ3n) is 15.5. The Kier molecular flexibility index (Phi) is 17.7. The Morgan fingerprint density at radius 2 is 0.711 bits per heavy atom. The first-order chi connectivity index (χ1) is 42.6. The molecular weight excluding hydrogens is 1490 g/mol. The molecule has 0 saturated heterocycles. The number of benzene rings is 8. The van der Waals surface area contributed by atoms with E-state index in [1.165, 1.54) is 43.6 Å². The monoisotopic (exact) mass is 1550 g/mol. The fraction of sp³-hybridized carbons (Fsp3) is 0.105. The summed E-state index contributed by atoms with van der Waals surface area (Å²) in [6.45, 7) is 13.1. The van der Waals surface area contributed by atoms with E-state index in [1.54, 1.807) is 48.8 Å². The number of aromatic nitrogens is 8. The molecule has 0 fully saturated rings. The smallest absolute Gasteiger partial charge is 0.439 e. The summed E-state index contributed by atoms with van der Waals surface area (Å²) < 4.78 is 56.3. The number of nitrogens with zero attached hydrogens (tertiary/aromatic N) is 8.